The maximum absolute atomic E-state index is 12.3. The van der Waals surface area contributed by atoms with Crippen LogP contribution in [0.2, 0.25) is 0 Å². The highest BCUT2D eigenvalue weighted by Crippen LogP contribution is 2.32. The number of nitrogens with zero attached hydrogens (tertiary/aromatic N) is 1. The van der Waals surface area contributed by atoms with Crippen molar-refractivity contribution in [2.24, 2.45) is 0 Å². The van der Waals surface area contributed by atoms with Gasteiger partial charge in [0.05, 0.1) is 0 Å². The Labute approximate surface area is 124 Å². The second-order valence-corrected chi connectivity index (χ2v) is 5.00. The van der Waals surface area contributed by atoms with Crippen molar-refractivity contribution in [3.05, 3.63) is 29.8 Å². The molecule has 2 rings (SSSR count). The maximum Gasteiger partial charge on any atom is 0.327 e. The number of carbonyl (C=O) groups is 2. The molecule has 0 bridgehead atoms. The zero-order valence-electron chi connectivity index (χ0n) is 12.1. The van der Waals surface area contributed by atoms with Crippen molar-refractivity contribution in [2.45, 2.75) is 25.8 Å². The number of para-hydroxylation sites is 1. The number of amides is 2. The molecule has 1 atom stereocenters. The molecule has 0 saturated carbocycles. The molecule has 1 aliphatic heterocycles. The minimum atomic E-state index is -0.978. The lowest BCUT2D eigenvalue weighted by molar-refractivity contribution is -0.138. The van der Waals surface area contributed by atoms with Gasteiger partial charge in [-0.1, -0.05) is 25.1 Å². The number of rotatable bonds is 6. The minimum absolute atomic E-state index is 0.344. The summed E-state index contributed by atoms with van der Waals surface area (Å²) < 4.78 is 0. The molecular formula is C15H21N3O3. The normalized spacial score (nSPS) is 16.6. The smallest absolute Gasteiger partial charge is 0.327 e. The van der Waals surface area contributed by atoms with Crippen LogP contribution in [0.15, 0.2) is 24.3 Å². The second-order valence-electron chi connectivity index (χ2n) is 5.00. The Bertz CT molecular complexity index is 519. The summed E-state index contributed by atoms with van der Waals surface area (Å²) in [5.41, 5.74) is 1.58. The molecular weight excluding hydrogens is 270 g/mol. The van der Waals surface area contributed by atoms with Crippen LogP contribution < -0.4 is 15.5 Å². The number of anilines is 1. The van der Waals surface area contributed by atoms with Crippen LogP contribution in [0.25, 0.3) is 0 Å². The number of carboxylic acids is 1. The zero-order chi connectivity index (χ0) is 15.2. The van der Waals surface area contributed by atoms with Crippen molar-refractivity contribution in [3.8, 4) is 0 Å². The first kappa shape index (κ1) is 15.3. The van der Waals surface area contributed by atoms with E-state index in [2.05, 4.69) is 10.6 Å². The number of hydrogen-bond acceptors (Lipinski definition) is 3. The zero-order valence-corrected chi connectivity index (χ0v) is 12.1. The number of carbonyl (C=O) groups excluding carboxylic acids is 1. The van der Waals surface area contributed by atoms with E-state index >= 15 is 0 Å². The largest absolute Gasteiger partial charge is 0.480 e. The van der Waals surface area contributed by atoms with Crippen LogP contribution in [0.1, 0.15) is 18.9 Å². The topological polar surface area (TPSA) is 81.7 Å². The predicted octanol–water partition coefficient (Wildman–Crippen LogP) is 1.21. The van der Waals surface area contributed by atoms with E-state index < -0.39 is 12.0 Å². The van der Waals surface area contributed by atoms with E-state index in [9.17, 15) is 14.7 Å². The molecule has 1 unspecified atom stereocenters. The summed E-state index contributed by atoms with van der Waals surface area (Å²) in [6.07, 6.45) is 1.17. The van der Waals surface area contributed by atoms with Gasteiger partial charge in [-0.05, 0) is 31.1 Å². The molecule has 1 aromatic rings. The molecule has 0 radical (unpaired) electrons. The third-order valence-corrected chi connectivity index (χ3v) is 3.54. The molecule has 0 saturated heterocycles. The third kappa shape index (κ3) is 3.52. The van der Waals surface area contributed by atoms with Crippen molar-refractivity contribution >= 4 is 17.7 Å². The van der Waals surface area contributed by atoms with Crippen molar-refractivity contribution in [1.29, 1.82) is 0 Å². The lowest BCUT2D eigenvalue weighted by atomic mass is 10.1. The molecule has 6 nitrogen and oxygen atoms in total. The molecule has 2 amide bonds. The molecule has 1 aliphatic rings. The van der Waals surface area contributed by atoms with Gasteiger partial charge in [-0.15, -0.1) is 0 Å². The number of carboxylic acid groups (broad SMARTS) is 1. The lowest BCUT2D eigenvalue weighted by Gasteiger charge is -2.23. The molecule has 0 aliphatic carbocycles. The van der Waals surface area contributed by atoms with Crippen molar-refractivity contribution in [3.63, 3.8) is 0 Å². The highest BCUT2D eigenvalue weighted by atomic mass is 16.4. The molecule has 1 aromatic carbocycles. The van der Waals surface area contributed by atoms with Gasteiger partial charge in [-0.25, -0.2) is 9.59 Å². The molecule has 0 aromatic heterocycles. The minimum Gasteiger partial charge on any atom is -0.480 e. The van der Waals surface area contributed by atoms with Crippen LogP contribution in [0.3, 0.4) is 0 Å². The molecule has 0 spiro atoms. The summed E-state index contributed by atoms with van der Waals surface area (Å²) in [5, 5.41) is 15.3. The van der Waals surface area contributed by atoms with Crippen molar-refractivity contribution in [2.75, 3.05) is 24.5 Å². The second kappa shape index (κ2) is 7.08. The Balaban J connectivity index is 2.01. The van der Waals surface area contributed by atoms with Gasteiger partial charge in [0.25, 0.3) is 0 Å². The fraction of sp³-hybridized carbons (Fsp3) is 0.467. The SMILES string of the molecule is CCNCCCNC(=O)N1c2ccccc2CC1C(=O)O. The standard InChI is InChI=1S/C15H21N3O3/c1-2-16-8-5-9-17-15(21)18-12-7-4-3-6-11(12)10-13(18)14(19)20/h3-4,6-7,13,16H,2,5,8-10H2,1H3,(H,17,21)(H,19,20). The van der Waals surface area contributed by atoms with Crippen LogP contribution in [0.5, 0.6) is 0 Å². The number of nitrogens with one attached hydrogen (secondary N) is 2. The summed E-state index contributed by atoms with van der Waals surface area (Å²) in [4.78, 5) is 25.0. The Morgan fingerprint density at radius 2 is 2.10 bits per heavy atom. The highest BCUT2D eigenvalue weighted by molar-refractivity contribution is 6.01. The van der Waals surface area contributed by atoms with Gasteiger partial charge in [0, 0.05) is 18.7 Å². The average molecular weight is 291 g/mol. The lowest BCUT2D eigenvalue weighted by Crippen LogP contribution is -2.48. The van der Waals surface area contributed by atoms with Crippen LogP contribution in [0, 0.1) is 0 Å². The summed E-state index contributed by atoms with van der Waals surface area (Å²) in [7, 11) is 0. The first-order valence-electron chi connectivity index (χ1n) is 7.23. The van der Waals surface area contributed by atoms with Crippen LogP contribution >= 0.6 is 0 Å². The van der Waals surface area contributed by atoms with Crippen LogP contribution in [-0.2, 0) is 11.2 Å². The van der Waals surface area contributed by atoms with Crippen LogP contribution in [-0.4, -0.2) is 42.8 Å². The summed E-state index contributed by atoms with van der Waals surface area (Å²) >= 11 is 0. The number of fused-ring (bicyclic) bond motifs is 1. The fourth-order valence-electron chi connectivity index (χ4n) is 2.51. The fourth-order valence-corrected chi connectivity index (χ4v) is 2.51. The van der Waals surface area contributed by atoms with E-state index in [0.717, 1.165) is 25.1 Å². The Morgan fingerprint density at radius 1 is 1.33 bits per heavy atom. The van der Waals surface area contributed by atoms with Gasteiger partial charge in [0.1, 0.15) is 6.04 Å². The molecule has 1 heterocycles. The first-order chi connectivity index (χ1) is 10.1. The van der Waals surface area contributed by atoms with Gasteiger partial charge in [-0.2, -0.15) is 0 Å². The quantitative estimate of drug-likeness (QED) is 0.688. The Hall–Kier alpha value is -2.08. The highest BCUT2D eigenvalue weighted by Gasteiger charge is 2.38. The summed E-state index contributed by atoms with van der Waals surface area (Å²) in [6, 6.07) is 6.16. The first-order valence-corrected chi connectivity index (χ1v) is 7.23. The third-order valence-electron chi connectivity index (χ3n) is 3.54. The van der Waals surface area contributed by atoms with Gasteiger partial charge >= 0.3 is 12.0 Å². The van der Waals surface area contributed by atoms with E-state index in [4.69, 9.17) is 0 Å². The molecule has 21 heavy (non-hydrogen) atoms. The summed E-state index contributed by atoms with van der Waals surface area (Å²) in [5.74, 6) is -0.978. The van der Waals surface area contributed by atoms with E-state index in [1.54, 1.807) is 6.07 Å². The molecule has 3 N–H and O–H groups in total. The number of aliphatic carboxylic acids is 1. The predicted molar refractivity (Wildman–Crippen MR) is 80.6 cm³/mol. The van der Waals surface area contributed by atoms with E-state index in [1.807, 2.05) is 25.1 Å². The maximum atomic E-state index is 12.3. The van der Waals surface area contributed by atoms with Gasteiger partial charge < -0.3 is 15.7 Å². The monoisotopic (exact) mass is 291 g/mol. The van der Waals surface area contributed by atoms with Crippen molar-refractivity contribution < 1.29 is 14.7 Å². The molecule has 0 fully saturated rings. The van der Waals surface area contributed by atoms with E-state index in [1.165, 1.54) is 4.90 Å². The van der Waals surface area contributed by atoms with Gasteiger partial charge in [0.15, 0.2) is 0 Å². The molecule has 6 heteroatoms. The van der Waals surface area contributed by atoms with Crippen molar-refractivity contribution in [1.82, 2.24) is 10.6 Å². The summed E-state index contributed by atoms with van der Waals surface area (Å²) in [6.45, 7) is 4.28. The number of urea groups is 1. The number of hydrogen-bond donors (Lipinski definition) is 3. The Kier molecular flexibility index (Phi) is 5.16. The Morgan fingerprint density at radius 3 is 2.81 bits per heavy atom. The number of benzene rings is 1. The van der Waals surface area contributed by atoms with Crippen LogP contribution in [0.4, 0.5) is 10.5 Å². The van der Waals surface area contributed by atoms with Gasteiger partial charge in [0.2, 0.25) is 0 Å². The average Bonchev–Trinajstić information content (AvgIpc) is 2.86. The van der Waals surface area contributed by atoms with E-state index in [0.29, 0.717) is 18.7 Å². The van der Waals surface area contributed by atoms with Gasteiger partial charge in [-0.3, -0.25) is 4.90 Å². The van der Waals surface area contributed by atoms with E-state index in [-0.39, 0.29) is 6.03 Å². The molecule has 114 valence electrons.